The van der Waals surface area contributed by atoms with E-state index in [-0.39, 0.29) is 12.5 Å². The molecule has 3 aromatic rings. The number of nitrogens with zero attached hydrogens (tertiary/aromatic N) is 1. The van der Waals surface area contributed by atoms with Crippen LogP contribution in [0.5, 0.6) is 11.5 Å². The minimum atomic E-state index is -3.46. The Morgan fingerprint density at radius 2 is 1.50 bits per heavy atom. The lowest BCUT2D eigenvalue weighted by Crippen LogP contribution is -2.29. The van der Waals surface area contributed by atoms with Gasteiger partial charge in [-0.05, 0) is 47.5 Å². The van der Waals surface area contributed by atoms with E-state index in [1.54, 1.807) is 68.8 Å². The normalized spacial score (nSPS) is 11.0. The Hall–Kier alpha value is -3.52. The van der Waals surface area contributed by atoms with Gasteiger partial charge in [0.15, 0.2) is 11.5 Å². The molecule has 0 heterocycles. The molecule has 168 valence electrons. The zero-order valence-corrected chi connectivity index (χ0v) is 19.1. The summed E-state index contributed by atoms with van der Waals surface area (Å²) in [7, 11) is -0.330. The number of rotatable bonds is 9. The van der Waals surface area contributed by atoms with Crippen LogP contribution in [0.25, 0.3) is 0 Å². The predicted octanol–water partition coefficient (Wildman–Crippen LogP) is 3.60. The van der Waals surface area contributed by atoms with Gasteiger partial charge in [-0.3, -0.25) is 9.10 Å². The maximum atomic E-state index is 12.5. The van der Waals surface area contributed by atoms with E-state index in [9.17, 15) is 13.2 Å². The molecule has 1 N–H and O–H groups in total. The molecule has 0 fully saturated rings. The number of hydrogen-bond donors (Lipinski definition) is 1. The summed E-state index contributed by atoms with van der Waals surface area (Å²) < 4.78 is 36.4. The standard InChI is InChI=1S/C24H26N2O5S/c1-30-22-14-11-19(15-23(22)31-2)16-25-24(27)20-12-9-18(10-13-20)17-26(32(3,28)29)21-7-5-4-6-8-21/h4-15H,16-17H2,1-3H3,(H,25,27). The number of amides is 1. The Morgan fingerprint density at radius 1 is 0.875 bits per heavy atom. The van der Waals surface area contributed by atoms with Crippen LogP contribution in [0.1, 0.15) is 21.5 Å². The fraction of sp³-hybridized carbons (Fsp3) is 0.208. The monoisotopic (exact) mass is 454 g/mol. The molecule has 0 aromatic heterocycles. The molecule has 0 radical (unpaired) electrons. The summed E-state index contributed by atoms with van der Waals surface area (Å²) in [6.45, 7) is 0.507. The van der Waals surface area contributed by atoms with Crippen molar-refractivity contribution in [3.63, 3.8) is 0 Å². The molecule has 0 aliphatic carbocycles. The number of carbonyl (C=O) groups is 1. The van der Waals surface area contributed by atoms with Crippen molar-refractivity contribution in [2.75, 3.05) is 24.8 Å². The summed E-state index contributed by atoms with van der Waals surface area (Å²) in [4.78, 5) is 12.5. The maximum Gasteiger partial charge on any atom is 0.251 e. The van der Waals surface area contributed by atoms with Crippen molar-refractivity contribution >= 4 is 21.6 Å². The second kappa shape index (κ2) is 10.2. The summed E-state index contributed by atoms with van der Waals surface area (Å²) in [5, 5.41) is 2.87. The molecular formula is C24H26N2O5S. The van der Waals surface area contributed by atoms with Crippen molar-refractivity contribution in [2.24, 2.45) is 0 Å². The molecule has 7 nitrogen and oxygen atoms in total. The Morgan fingerprint density at radius 3 is 2.09 bits per heavy atom. The van der Waals surface area contributed by atoms with Crippen LogP contribution in [0.4, 0.5) is 5.69 Å². The van der Waals surface area contributed by atoms with Crippen LogP contribution in [-0.4, -0.2) is 34.8 Å². The van der Waals surface area contributed by atoms with Crippen LogP contribution >= 0.6 is 0 Å². The summed E-state index contributed by atoms with van der Waals surface area (Å²) in [5.41, 5.74) is 2.72. The number of nitrogens with one attached hydrogen (secondary N) is 1. The number of ether oxygens (including phenoxy) is 2. The average Bonchev–Trinajstić information content (AvgIpc) is 2.81. The van der Waals surface area contributed by atoms with Gasteiger partial charge < -0.3 is 14.8 Å². The van der Waals surface area contributed by atoms with E-state index in [0.717, 1.165) is 11.1 Å². The van der Waals surface area contributed by atoms with E-state index < -0.39 is 10.0 Å². The Labute approximate surface area is 188 Å². The van der Waals surface area contributed by atoms with Gasteiger partial charge in [-0.15, -0.1) is 0 Å². The highest BCUT2D eigenvalue weighted by Crippen LogP contribution is 2.27. The minimum absolute atomic E-state index is 0.177. The molecule has 0 atom stereocenters. The van der Waals surface area contributed by atoms with Crippen molar-refractivity contribution < 1.29 is 22.7 Å². The van der Waals surface area contributed by atoms with Crippen LogP contribution in [0.3, 0.4) is 0 Å². The number of carbonyl (C=O) groups excluding carboxylic acids is 1. The van der Waals surface area contributed by atoms with Crippen molar-refractivity contribution in [3.8, 4) is 11.5 Å². The first-order chi connectivity index (χ1) is 15.3. The summed E-state index contributed by atoms with van der Waals surface area (Å²) in [5.74, 6) is 0.989. The van der Waals surface area contributed by atoms with Crippen molar-refractivity contribution in [1.29, 1.82) is 0 Å². The topological polar surface area (TPSA) is 84.9 Å². The highest BCUT2D eigenvalue weighted by Gasteiger charge is 2.18. The molecule has 0 aliphatic heterocycles. The summed E-state index contributed by atoms with van der Waals surface area (Å²) >= 11 is 0. The summed E-state index contributed by atoms with van der Waals surface area (Å²) in [6.07, 6.45) is 1.18. The maximum absolute atomic E-state index is 12.5. The molecule has 0 bridgehead atoms. The molecule has 3 rings (SSSR count). The van der Waals surface area contributed by atoms with E-state index in [0.29, 0.717) is 29.3 Å². The van der Waals surface area contributed by atoms with E-state index in [4.69, 9.17) is 9.47 Å². The molecule has 1 amide bonds. The average molecular weight is 455 g/mol. The number of sulfonamides is 1. The van der Waals surface area contributed by atoms with Crippen molar-refractivity contribution in [1.82, 2.24) is 5.32 Å². The van der Waals surface area contributed by atoms with E-state index in [1.807, 2.05) is 18.2 Å². The zero-order chi connectivity index (χ0) is 23.1. The third-order valence-corrected chi connectivity index (χ3v) is 6.03. The fourth-order valence-electron chi connectivity index (χ4n) is 3.20. The third kappa shape index (κ3) is 5.79. The largest absolute Gasteiger partial charge is 0.493 e. The lowest BCUT2D eigenvalue weighted by molar-refractivity contribution is 0.0951. The number of anilines is 1. The van der Waals surface area contributed by atoms with Gasteiger partial charge >= 0.3 is 0 Å². The quantitative estimate of drug-likeness (QED) is 0.534. The highest BCUT2D eigenvalue weighted by atomic mass is 32.2. The van der Waals surface area contributed by atoms with Gasteiger partial charge in [0.05, 0.1) is 32.7 Å². The number of benzene rings is 3. The molecule has 0 saturated heterocycles. The van der Waals surface area contributed by atoms with E-state index in [1.165, 1.54) is 10.6 Å². The number of hydrogen-bond acceptors (Lipinski definition) is 5. The Balaban J connectivity index is 1.66. The molecule has 0 saturated carbocycles. The molecule has 0 unspecified atom stereocenters. The Bertz CT molecular complexity index is 1160. The predicted molar refractivity (Wildman–Crippen MR) is 125 cm³/mol. The SMILES string of the molecule is COc1ccc(CNC(=O)c2ccc(CN(c3ccccc3)S(C)(=O)=O)cc2)cc1OC. The van der Waals surface area contributed by atoms with Crippen molar-refractivity contribution in [3.05, 3.63) is 89.5 Å². The summed E-state index contributed by atoms with van der Waals surface area (Å²) in [6, 6.07) is 21.2. The zero-order valence-electron chi connectivity index (χ0n) is 18.2. The first-order valence-corrected chi connectivity index (χ1v) is 11.8. The van der Waals surface area contributed by atoms with Crippen molar-refractivity contribution in [2.45, 2.75) is 13.1 Å². The van der Waals surface area contributed by atoms with Crippen LogP contribution in [-0.2, 0) is 23.1 Å². The van der Waals surface area contributed by atoms with Crippen LogP contribution < -0.4 is 19.1 Å². The minimum Gasteiger partial charge on any atom is -0.493 e. The smallest absolute Gasteiger partial charge is 0.251 e. The van der Waals surface area contributed by atoms with E-state index in [2.05, 4.69) is 5.32 Å². The van der Waals surface area contributed by atoms with Gasteiger partial charge in [-0.25, -0.2) is 8.42 Å². The Kier molecular flexibility index (Phi) is 7.37. The fourth-order valence-corrected chi connectivity index (χ4v) is 4.08. The molecule has 8 heteroatoms. The van der Waals surface area contributed by atoms with Gasteiger partial charge in [0.2, 0.25) is 10.0 Å². The molecule has 0 spiro atoms. The second-order valence-corrected chi connectivity index (χ2v) is 9.08. The highest BCUT2D eigenvalue weighted by molar-refractivity contribution is 7.92. The second-order valence-electron chi connectivity index (χ2n) is 7.17. The van der Waals surface area contributed by atoms with Crippen LogP contribution in [0.2, 0.25) is 0 Å². The van der Waals surface area contributed by atoms with E-state index >= 15 is 0 Å². The first-order valence-electron chi connectivity index (χ1n) is 9.92. The molecular weight excluding hydrogens is 428 g/mol. The lowest BCUT2D eigenvalue weighted by Gasteiger charge is -2.22. The first kappa shape index (κ1) is 23.1. The van der Waals surface area contributed by atoms with Crippen LogP contribution in [0, 0.1) is 0 Å². The number of methoxy groups -OCH3 is 2. The lowest BCUT2D eigenvalue weighted by atomic mass is 10.1. The van der Waals surface area contributed by atoms with Crippen LogP contribution in [0.15, 0.2) is 72.8 Å². The van der Waals surface area contributed by atoms with Gasteiger partial charge in [-0.2, -0.15) is 0 Å². The molecule has 3 aromatic carbocycles. The van der Waals surface area contributed by atoms with Gasteiger partial charge in [-0.1, -0.05) is 36.4 Å². The number of para-hydroxylation sites is 1. The van der Waals surface area contributed by atoms with Gasteiger partial charge in [0.25, 0.3) is 5.91 Å². The third-order valence-electron chi connectivity index (χ3n) is 4.89. The van der Waals surface area contributed by atoms with Gasteiger partial charge in [0.1, 0.15) is 0 Å². The molecule has 32 heavy (non-hydrogen) atoms. The van der Waals surface area contributed by atoms with Gasteiger partial charge in [0, 0.05) is 12.1 Å². The molecule has 0 aliphatic rings.